The minimum atomic E-state index is 0.0284. The topological polar surface area (TPSA) is 64.1 Å². The van der Waals surface area contributed by atoms with E-state index in [4.69, 9.17) is 14.2 Å². The molecule has 172 valence electrons. The first-order valence-corrected chi connectivity index (χ1v) is 11.7. The molecule has 2 aliphatic rings. The zero-order chi connectivity index (χ0) is 22.2. The molecule has 32 heavy (non-hydrogen) atoms. The Kier molecular flexibility index (Phi) is 7.53. The number of hydrogen-bond donors (Lipinski definition) is 2. The van der Waals surface area contributed by atoms with Crippen LogP contribution in [0.25, 0.3) is 0 Å². The van der Waals surface area contributed by atoms with Crippen molar-refractivity contribution in [3.63, 3.8) is 0 Å². The van der Waals surface area contributed by atoms with Gasteiger partial charge in [-0.25, -0.2) is 0 Å². The average Bonchev–Trinajstić information content (AvgIpc) is 3.30. The SMILES string of the molecule is CCOc1ccc(C2(CNC(=NC)NCCc3ccc4c(c3)CCO4)CCOCC2)cc1. The zero-order valence-electron chi connectivity index (χ0n) is 19.3. The molecule has 1 fully saturated rings. The fourth-order valence-electron chi connectivity index (χ4n) is 4.60. The lowest BCUT2D eigenvalue weighted by Crippen LogP contribution is -2.48. The molecule has 2 aromatic carbocycles. The molecule has 0 radical (unpaired) electrons. The quantitative estimate of drug-likeness (QED) is 0.489. The first kappa shape index (κ1) is 22.5. The highest BCUT2D eigenvalue weighted by Crippen LogP contribution is 2.35. The van der Waals surface area contributed by atoms with Crippen molar-refractivity contribution in [2.24, 2.45) is 4.99 Å². The van der Waals surface area contributed by atoms with Gasteiger partial charge in [-0.3, -0.25) is 4.99 Å². The Morgan fingerprint density at radius 2 is 1.88 bits per heavy atom. The van der Waals surface area contributed by atoms with E-state index in [-0.39, 0.29) is 5.41 Å². The molecule has 0 aliphatic carbocycles. The lowest BCUT2D eigenvalue weighted by atomic mass is 9.74. The van der Waals surface area contributed by atoms with E-state index in [0.29, 0.717) is 6.61 Å². The van der Waals surface area contributed by atoms with Crippen molar-refractivity contribution < 1.29 is 14.2 Å². The van der Waals surface area contributed by atoms with Gasteiger partial charge in [-0.1, -0.05) is 24.3 Å². The van der Waals surface area contributed by atoms with Crippen LogP contribution in [-0.4, -0.2) is 52.5 Å². The highest BCUT2D eigenvalue weighted by molar-refractivity contribution is 5.79. The summed E-state index contributed by atoms with van der Waals surface area (Å²) >= 11 is 0. The van der Waals surface area contributed by atoms with Gasteiger partial charge >= 0.3 is 0 Å². The second-order valence-electron chi connectivity index (χ2n) is 8.49. The Morgan fingerprint density at radius 3 is 2.62 bits per heavy atom. The van der Waals surface area contributed by atoms with Crippen LogP contribution in [0.4, 0.5) is 0 Å². The van der Waals surface area contributed by atoms with Crippen molar-refractivity contribution >= 4 is 5.96 Å². The molecule has 0 unspecified atom stereocenters. The van der Waals surface area contributed by atoms with Crippen LogP contribution < -0.4 is 20.1 Å². The molecule has 0 bridgehead atoms. The first-order chi connectivity index (χ1) is 15.7. The van der Waals surface area contributed by atoms with Crippen LogP contribution in [0.5, 0.6) is 11.5 Å². The van der Waals surface area contributed by atoms with E-state index in [1.807, 2.05) is 14.0 Å². The summed E-state index contributed by atoms with van der Waals surface area (Å²) in [5.41, 5.74) is 4.00. The number of fused-ring (bicyclic) bond motifs is 1. The van der Waals surface area contributed by atoms with Gasteiger partial charge in [0.15, 0.2) is 5.96 Å². The monoisotopic (exact) mass is 437 g/mol. The molecular formula is C26H35N3O3. The van der Waals surface area contributed by atoms with Gasteiger partial charge in [0.05, 0.1) is 13.2 Å². The summed E-state index contributed by atoms with van der Waals surface area (Å²) in [6, 6.07) is 15.1. The van der Waals surface area contributed by atoms with E-state index < -0.39 is 0 Å². The number of benzene rings is 2. The van der Waals surface area contributed by atoms with Gasteiger partial charge in [0.2, 0.25) is 0 Å². The van der Waals surface area contributed by atoms with Crippen LogP contribution in [0.2, 0.25) is 0 Å². The molecule has 2 aliphatic heterocycles. The third-order valence-corrected chi connectivity index (χ3v) is 6.51. The summed E-state index contributed by atoms with van der Waals surface area (Å²) < 4.78 is 16.9. The molecule has 0 amide bonds. The maximum Gasteiger partial charge on any atom is 0.191 e. The molecule has 0 atom stereocenters. The van der Waals surface area contributed by atoms with Crippen molar-refractivity contribution in [3.8, 4) is 11.5 Å². The predicted molar refractivity (Wildman–Crippen MR) is 128 cm³/mol. The molecule has 0 spiro atoms. The first-order valence-electron chi connectivity index (χ1n) is 11.7. The van der Waals surface area contributed by atoms with Gasteiger partial charge in [-0.05, 0) is 61.1 Å². The van der Waals surface area contributed by atoms with Crippen LogP contribution in [0.1, 0.15) is 36.5 Å². The Morgan fingerprint density at radius 1 is 1.06 bits per heavy atom. The van der Waals surface area contributed by atoms with Crippen molar-refractivity contribution in [1.82, 2.24) is 10.6 Å². The molecule has 0 aromatic heterocycles. The standard InChI is InChI=1S/C26H35N3O3/c1-3-31-23-7-5-22(6-8-23)26(12-16-30-17-13-26)19-29-25(27-2)28-14-10-20-4-9-24-21(18-20)11-15-32-24/h4-9,18H,3,10-17,19H2,1-2H3,(H2,27,28,29). The van der Waals surface area contributed by atoms with Gasteiger partial charge < -0.3 is 24.8 Å². The van der Waals surface area contributed by atoms with Crippen LogP contribution in [0.3, 0.4) is 0 Å². The minimum absolute atomic E-state index is 0.0284. The average molecular weight is 438 g/mol. The number of rotatable bonds is 8. The van der Waals surface area contributed by atoms with E-state index >= 15 is 0 Å². The fraction of sp³-hybridized carbons (Fsp3) is 0.500. The maximum atomic E-state index is 5.68. The van der Waals surface area contributed by atoms with Crippen molar-refractivity contribution in [2.75, 3.05) is 46.6 Å². The van der Waals surface area contributed by atoms with Crippen molar-refractivity contribution in [1.29, 1.82) is 0 Å². The fourth-order valence-corrected chi connectivity index (χ4v) is 4.60. The number of aliphatic imine (C=N–C) groups is 1. The van der Waals surface area contributed by atoms with Gasteiger partial charge in [-0.15, -0.1) is 0 Å². The molecule has 6 nitrogen and oxygen atoms in total. The van der Waals surface area contributed by atoms with Gasteiger partial charge in [0.25, 0.3) is 0 Å². The molecule has 6 heteroatoms. The summed E-state index contributed by atoms with van der Waals surface area (Å²) in [6.45, 7) is 6.70. The molecule has 1 saturated heterocycles. The largest absolute Gasteiger partial charge is 0.494 e. The summed E-state index contributed by atoms with van der Waals surface area (Å²) in [7, 11) is 1.83. The summed E-state index contributed by atoms with van der Waals surface area (Å²) in [5, 5.41) is 7.05. The summed E-state index contributed by atoms with van der Waals surface area (Å²) in [6.07, 6.45) is 3.94. The molecule has 2 aromatic rings. The Bertz CT molecular complexity index is 905. The normalized spacial score (nSPS) is 17.4. The zero-order valence-corrected chi connectivity index (χ0v) is 19.3. The van der Waals surface area contributed by atoms with Gasteiger partial charge in [0.1, 0.15) is 11.5 Å². The van der Waals surface area contributed by atoms with E-state index in [2.05, 4.69) is 58.1 Å². The second-order valence-corrected chi connectivity index (χ2v) is 8.49. The van der Waals surface area contributed by atoms with E-state index in [1.165, 1.54) is 16.7 Å². The van der Waals surface area contributed by atoms with E-state index in [1.54, 1.807) is 0 Å². The molecule has 0 saturated carbocycles. The Hall–Kier alpha value is -2.73. The lowest BCUT2D eigenvalue weighted by Gasteiger charge is -2.38. The number of hydrogen-bond acceptors (Lipinski definition) is 4. The Labute approximate surface area is 191 Å². The van der Waals surface area contributed by atoms with Crippen LogP contribution >= 0.6 is 0 Å². The molecular weight excluding hydrogens is 402 g/mol. The summed E-state index contributed by atoms with van der Waals surface area (Å²) in [5.74, 6) is 2.79. The Balaban J connectivity index is 1.34. The number of guanidine groups is 1. The van der Waals surface area contributed by atoms with Crippen molar-refractivity contribution in [2.45, 2.75) is 38.0 Å². The van der Waals surface area contributed by atoms with Gasteiger partial charge in [0, 0.05) is 45.2 Å². The van der Waals surface area contributed by atoms with Crippen molar-refractivity contribution in [3.05, 3.63) is 59.2 Å². The third kappa shape index (κ3) is 5.36. The minimum Gasteiger partial charge on any atom is -0.494 e. The predicted octanol–water partition coefficient (Wildman–Crippen LogP) is 3.48. The third-order valence-electron chi connectivity index (χ3n) is 6.51. The smallest absolute Gasteiger partial charge is 0.191 e. The lowest BCUT2D eigenvalue weighted by molar-refractivity contribution is 0.0513. The van der Waals surface area contributed by atoms with Crippen LogP contribution in [0.15, 0.2) is 47.5 Å². The molecule has 4 rings (SSSR count). The molecule has 2 N–H and O–H groups in total. The molecule has 2 heterocycles. The highest BCUT2D eigenvalue weighted by atomic mass is 16.5. The van der Waals surface area contributed by atoms with E-state index in [9.17, 15) is 0 Å². The van der Waals surface area contributed by atoms with E-state index in [0.717, 1.165) is 76.1 Å². The number of ether oxygens (including phenoxy) is 3. The number of nitrogens with zero attached hydrogens (tertiary/aromatic N) is 1. The van der Waals surface area contributed by atoms with Crippen LogP contribution in [0, 0.1) is 0 Å². The second kappa shape index (κ2) is 10.7. The van der Waals surface area contributed by atoms with Gasteiger partial charge in [-0.2, -0.15) is 0 Å². The number of nitrogens with one attached hydrogen (secondary N) is 2. The maximum absolute atomic E-state index is 5.68. The summed E-state index contributed by atoms with van der Waals surface area (Å²) in [4.78, 5) is 4.45. The van der Waals surface area contributed by atoms with Crippen LogP contribution in [-0.2, 0) is 23.0 Å². The highest BCUT2D eigenvalue weighted by Gasteiger charge is 2.34.